The van der Waals surface area contributed by atoms with Crippen LogP contribution in [-0.4, -0.2) is 11.9 Å². The van der Waals surface area contributed by atoms with Gasteiger partial charge in [-0.1, -0.05) is 38.1 Å². The summed E-state index contributed by atoms with van der Waals surface area (Å²) in [6.07, 6.45) is 2.15. The summed E-state index contributed by atoms with van der Waals surface area (Å²) in [6.45, 7) is 6.13. The molecule has 0 bridgehead atoms. The molecule has 1 amide bonds. The van der Waals surface area contributed by atoms with Gasteiger partial charge in [0.25, 0.3) is 0 Å². The van der Waals surface area contributed by atoms with Gasteiger partial charge in [0, 0.05) is 0 Å². The minimum atomic E-state index is -0.463. The van der Waals surface area contributed by atoms with E-state index in [4.69, 9.17) is 5.73 Å². The smallest absolute Gasteiger partial charge is 0.237 e. The summed E-state index contributed by atoms with van der Waals surface area (Å²) >= 11 is 0. The molecule has 1 unspecified atom stereocenters. The first-order valence-corrected chi connectivity index (χ1v) is 6.55. The highest BCUT2D eigenvalue weighted by Crippen LogP contribution is 2.43. The topological polar surface area (TPSA) is 55.1 Å². The molecule has 2 atom stereocenters. The van der Waals surface area contributed by atoms with Gasteiger partial charge >= 0.3 is 0 Å². The Kier molecular flexibility index (Phi) is 3.44. The lowest BCUT2D eigenvalue weighted by Crippen LogP contribution is -2.46. The lowest BCUT2D eigenvalue weighted by atomic mass is 9.70. The highest BCUT2D eigenvalue weighted by molar-refractivity contribution is 5.81. The van der Waals surface area contributed by atoms with Crippen LogP contribution >= 0.6 is 0 Å². The standard InChI is InChI=1S/C15H22N2O/c1-10(16)14(18)17-13-12-7-5-4-6-11(12)8-9-15(13,2)3/h4-7,10,13H,8-9,16H2,1-3H3,(H,17,18)/t10-,13?/m1/s1. The first-order valence-electron chi connectivity index (χ1n) is 6.55. The van der Waals surface area contributed by atoms with Crippen molar-refractivity contribution in [3.05, 3.63) is 35.4 Å². The molecule has 0 saturated carbocycles. The summed E-state index contributed by atoms with van der Waals surface area (Å²) in [5.74, 6) is -0.0789. The van der Waals surface area contributed by atoms with Crippen molar-refractivity contribution in [2.45, 2.75) is 45.7 Å². The second-order valence-electron chi connectivity index (χ2n) is 5.92. The number of benzene rings is 1. The average Bonchev–Trinajstić information content (AvgIpc) is 2.32. The molecule has 0 aromatic heterocycles. The van der Waals surface area contributed by atoms with Gasteiger partial charge in [-0.05, 0) is 36.3 Å². The lowest BCUT2D eigenvalue weighted by molar-refractivity contribution is -0.123. The van der Waals surface area contributed by atoms with Gasteiger partial charge in [-0.2, -0.15) is 0 Å². The predicted octanol–water partition coefficient (Wildman–Crippen LogP) is 2.16. The largest absolute Gasteiger partial charge is 0.347 e. The Morgan fingerprint density at radius 2 is 2.11 bits per heavy atom. The molecule has 2 rings (SSSR count). The van der Waals surface area contributed by atoms with Crippen LogP contribution in [0.15, 0.2) is 24.3 Å². The molecule has 0 fully saturated rings. The van der Waals surface area contributed by atoms with E-state index >= 15 is 0 Å². The second kappa shape index (κ2) is 4.73. The maximum absolute atomic E-state index is 11.9. The Labute approximate surface area is 109 Å². The molecule has 0 spiro atoms. The minimum Gasteiger partial charge on any atom is -0.347 e. The maximum atomic E-state index is 11.9. The Morgan fingerprint density at radius 1 is 1.44 bits per heavy atom. The normalized spacial score (nSPS) is 23.0. The minimum absolute atomic E-state index is 0.0564. The molecule has 0 saturated heterocycles. The monoisotopic (exact) mass is 246 g/mol. The van der Waals surface area contributed by atoms with Gasteiger partial charge < -0.3 is 11.1 Å². The van der Waals surface area contributed by atoms with Crippen molar-refractivity contribution >= 4 is 5.91 Å². The van der Waals surface area contributed by atoms with E-state index in [0.717, 1.165) is 12.8 Å². The van der Waals surface area contributed by atoms with E-state index in [9.17, 15) is 4.79 Å². The molecule has 0 aliphatic heterocycles. The van der Waals surface area contributed by atoms with Crippen LogP contribution in [0.5, 0.6) is 0 Å². The molecule has 3 N–H and O–H groups in total. The van der Waals surface area contributed by atoms with Gasteiger partial charge in [-0.15, -0.1) is 0 Å². The number of rotatable bonds is 2. The third-order valence-electron chi connectivity index (χ3n) is 3.89. The first kappa shape index (κ1) is 13.1. The Balaban J connectivity index is 2.33. The molecule has 3 nitrogen and oxygen atoms in total. The SMILES string of the molecule is C[C@@H](N)C(=O)NC1c2ccccc2CCC1(C)C. The number of hydrogen-bond acceptors (Lipinski definition) is 2. The zero-order valence-electron chi connectivity index (χ0n) is 11.4. The fourth-order valence-corrected chi connectivity index (χ4v) is 2.61. The van der Waals surface area contributed by atoms with E-state index in [0.29, 0.717) is 0 Å². The van der Waals surface area contributed by atoms with Crippen LogP contribution in [0.4, 0.5) is 0 Å². The van der Waals surface area contributed by atoms with Crippen molar-refractivity contribution in [1.29, 1.82) is 0 Å². The van der Waals surface area contributed by atoms with Gasteiger partial charge in [-0.3, -0.25) is 4.79 Å². The number of hydrogen-bond donors (Lipinski definition) is 2. The second-order valence-corrected chi connectivity index (χ2v) is 5.92. The van der Waals surface area contributed by atoms with Crippen LogP contribution < -0.4 is 11.1 Å². The van der Waals surface area contributed by atoms with Crippen LogP contribution in [0.1, 0.15) is 44.4 Å². The average molecular weight is 246 g/mol. The Morgan fingerprint density at radius 3 is 2.78 bits per heavy atom. The van der Waals surface area contributed by atoms with Crippen molar-refractivity contribution in [3.63, 3.8) is 0 Å². The van der Waals surface area contributed by atoms with E-state index in [1.807, 2.05) is 6.07 Å². The van der Waals surface area contributed by atoms with Gasteiger partial charge in [0.15, 0.2) is 0 Å². The summed E-state index contributed by atoms with van der Waals surface area (Å²) in [6, 6.07) is 7.95. The van der Waals surface area contributed by atoms with Crippen molar-refractivity contribution in [3.8, 4) is 0 Å². The summed E-state index contributed by atoms with van der Waals surface area (Å²) in [5.41, 5.74) is 8.30. The summed E-state index contributed by atoms with van der Waals surface area (Å²) in [7, 11) is 0. The molecular weight excluding hydrogens is 224 g/mol. The summed E-state index contributed by atoms with van der Waals surface area (Å²) in [5, 5.41) is 3.10. The van der Waals surface area contributed by atoms with Gasteiger partial charge in [0.2, 0.25) is 5.91 Å². The van der Waals surface area contributed by atoms with Crippen LogP contribution in [0.3, 0.4) is 0 Å². The van der Waals surface area contributed by atoms with E-state index < -0.39 is 6.04 Å². The number of nitrogens with two attached hydrogens (primary N) is 1. The third kappa shape index (κ3) is 2.41. The molecule has 1 aliphatic rings. The van der Waals surface area contributed by atoms with Crippen LogP contribution in [0.2, 0.25) is 0 Å². The molecule has 18 heavy (non-hydrogen) atoms. The maximum Gasteiger partial charge on any atom is 0.237 e. The van der Waals surface area contributed by atoms with Crippen molar-refractivity contribution in [1.82, 2.24) is 5.32 Å². The van der Waals surface area contributed by atoms with Gasteiger partial charge in [-0.25, -0.2) is 0 Å². The zero-order valence-corrected chi connectivity index (χ0v) is 11.4. The summed E-state index contributed by atoms with van der Waals surface area (Å²) < 4.78 is 0. The van der Waals surface area contributed by atoms with Crippen LogP contribution in [-0.2, 0) is 11.2 Å². The predicted molar refractivity (Wildman–Crippen MR) is 73.1 cm³/mol. The van der Waals surface area contributed by atoms with Gasteiger partial charge in [0.1, 0.15) is 0 Å². The molecule has 3 heteroatoms. The third-order valence-corrected chi connectivity index (χ3v) is 3.89. The Bertz CT molecular complexity index is 452. The lowest BCUT2D eigenvalue weighted by Gasteiger charge is -2.40. The number of carbonyl (C=O) groups is 1. The molecule has 0 heterocycles. The molecule has 98 valence electrons. The first-order chi connectivity index (χ1) is 8.42. The van der Waals surface area contributed by atoms with E-state index in [2.05, 4.69) is 37.4 Å². The van der Waals surface area contributed by atoms with Gasteiger partial charge in [0.05, 0.1) is 12.1 Å². The fourth-order valence-electron chi connectivity index (χ4n) is 2.61. The van der Waals surface area contributed by atoms with Crippen molar-refractivity contribution in [2.24, 2.45) is 11.1 Å². The number of aryl methyl sites for hydroxylation is 1. The van der Waals surface area contributed by atoms with Crippen LogP contribution in [0, 0.1) is 5.41 Å². The summed E-state index contributed by atoms with van der Waals surface area (Å²) in [4.78, 5) is 11.9. The number of fused-ring (bicyclic) bond motifs is 1. The molecule has 1 aromatic carbocycles. The highest BCUT2D eigenvalue weighted by Gasteiger charge is 2.36. The molecule has 1 aromatic rings. The highest BCUT2D eigenvalue weighted by atomic mass is 16.2. The molecule has 0 radical (unpaired) electrons. The van der Waals surface area contributed by atoms with Crippen molar-refractivity contribution < 1.29 is 4.79 Å². The van der Waals surface area contributed by atoms with Crippen molar-refractivity contribution in [2.75, 3.05) is 0 Å². The molecular formula is C15H22N2O. The Hall–Kier alpha value is -1.35. The van der Waals surface area contributed by atoms with E-state index in [1.165, 1.54) is 11.1 Å². The number of amides is 1. The van der Waals surface area contributed by atoms with E-state index in [1.54, 1.807) is 6.92 Å². The molecule has 1 aliphatic carbocycles. The quantitative estimate of drug-likeness (QED) is 0.840. The van der Waals surface area contributed by atoms with Crippen LogP contribution in [0.25, 0.3) is 0 Å². The fraction of sp³-hybridized carbons (Fsp3) is 0.533. The van der Waals surface area contributed by atoms with E-state index in [-0.39, 0.29) is 17.4 Å². The number of carbonyl (C=O) groups excluding carboxylic acids is 1. The zero-order chi connectivity index (χ0) is 13.3. The number of nitrogens with one attached hydrogen (secondary N) is 1.